The van der Waals surface area contributed by atoms with Crippen molar-refractivity contribution in [3.05, 3.63) is 92.5 Å². The summed E-state index contributed by atoms with van der Waals surface area (Å²) in [5, 5.41) is 4.13. The molecule has 0 spiro atoms. The molecule has 3 rings (SSSR count). The maximum Gasteiger partial charge on any atom is 0.264 e. The van der Waals surface area contributed by atoms with Crippen LogP contribution in [0.4, 0.5) is 5.69 Å². The molecule has 0 aliphatic rings. The lowest BCUT2D eigenvalue weighted by Gasteiger charge is -2.24. The number of halogens is 2. The van der Waals surface area contributed by atoms with Crippen molar-refractivity contribution in [3.63, 3.8) is 0 Å². The van der Waals surface area contributed by atoms with E-state index in [-0.39, 0.29) is 4.90 Å². The molecule has 3 aromatic carbocycles. The van der Waals surface area contributed by atoms with Crippen LogP contribution >= 0.6 is 38.5 Å². The first kappa shape index (κ1) is 23.4. The maximum absolute atomic E-state index is 13.3. The number of hydrazone groups is 1. The predicted octanol–water partition coefficient (Wildman–Crippen LogP) is 4.79. The number of anilines is 1. The zero-order valence-electron chi connectivity index (χ0n) is 16.5. The number of benzene rings is 3. The fraction of sp³-hybridized carbons (Fsp3) is 0.0909. The Bertz CT molecular complexity index is 1200. The van der Waals surface area contributed by atoms with E-state index in [1.54, 1.807) is 49.4 Å². The number of rotatable bonds is 7. The largest absolute Gasteiger partial charge is 0.271 e. The number of carbonyl (C=O) groups is 1. The fourth-order valence-corrected chi connectivity index (χ4v) is 4.91. The van der Waals surface area contributed by atoms with E-state index in [1.165, 1.54) is 12.1 Å². The summed E-state index contributed by atoms with van der Waals surface area (Å²) in [6.45, 7) is 1.35. The van der Waals surface area contributed by atoms with E-state index in [9.17, 15) is 13.2 Å². The molecule has 0 aliphatic carbocycles. The molecule has 31 heavy (non-hydrogen) atoms. The van der Waals surface area contributed by atoms with Gasteiger partial charge in [-0.2, -0.15) is 5.10 Å². The van der Waals surface area contributed by atoms with Crippen LogP contribution in [0.2, 0.25) is 0 Å². The van der Waals surface area contributed by atoms with Gasteiger partial charge < -0.3 is 0 Å². The average Bonchev–Trinajstić information content (AvgIpc) is 2.76. The Labute approximate surface area is 203 Å². The summed E-state index contributed by atoms with van der Waals surface area (Å²) in [7, 11) is -3.96. The second-order valence-corrected chi connectivity index (χ2v) is 10.6. The van der Waals surface area contributed by atoms with Crippen molar-refractivity contribution in [3.8, 4) is 0 Å². The Hall–Kier alpha value is -2.24. The normalized spacial score (nSPS) is 11.8. The Kier molecular flexibility index (Phi) is 7.84. The van der Waals surface area contributed by atoms with Crippen LogP contribution in [0.25, 0.3) is 0 Å². The van der Waals surface area contributed by atoms with Gasteiger partial charge in [-0.1, -0.05) is 52.3 Å². The van der Waals surface area contributed by atoms with Gasteiger partial charge in [0.15, 0.2) is 0 Å². The first-order valence-corrected chi connectivity index (χ1v) is 12.5. The van der Waals surface area contributed by atoms with Crippen LogP contribution < -0.4 is 9.73 Å². The minimum absolute atomic E-state index is 0.0985. The molecule has 0 saturated heterocycles. The van der Waals surface area contributed by atoms with Gasteiger partial charge in [0.25, 0.3) is 15.9 Å². The molecule has 0 aromatic heterocycles. The predicted molar refractivity (Wildman–Crippen MR) is 135 cm³/mol. The number of nitrogens with one attached hydrogen (secondary N) is 1. The summed E-state index contributed by atoms with van der Waals surface area (Å²) in [4.78, 5) is 12.7. The highest BCUT2D eigenvalue weighted by Gasteiger charge is 2.27. The summed E-state index contributed by atoms with van der Waals surface area (Å²) >= 11 is 5.57. The summed E-state index contributed by atoms with van der Waals surface area (Å²) in [6, 6.07) is 22.5. The Morgan fingerprint density at radius 1 is 1.03 bits per heavy atom. The molecule has 0 atom stereocenters. The van der Waals surface area contributed by atoms with Crippen molar-refractivity contribution in [2.45, 2.75) is 11.8 Å². The second kappa shape index (κ2) is 10.4. The maximum atomic E-state index is 13.3. The summed E-state index contributed by atoms with van der Waals surface area (Å²) < 4.78 is 29.4. The lowest BCUT2D eigenvalue weighted by Crippen LogP contribution is -2.39. The molecule has 1 amide bonds. The Morgan fingerprint density at radius 3 is 2.35 bits per heavy atom. The molecule has 6 nitrogen and oxygen atoms in total. The quantitative estimate of drug-likeness (QED) is 0.237. The van der Waals surface area contributed by atoms with Gasteiger partial charge in [-0.15, -0.1) is 0 Å². The van der Waals surface area contributed by atoms with Gasteiger partial charge in [-0.25, -0.2) is 13.8 Å². The molecule has 0 bridgehead atoms. The van der Waals surface area contributed by atoms with Crippen molar-refractivity contribution < 1.29 is 13.2 Å². The van der Waals surface area contributed by atoms with Gasteiger partial charge in [0.1, 0.15) is 6.54 Å². The van der Waals surface area contributed by atoms with Crippen molar-refractivity contribution in [2.24, 2.45) is 5.10 Å². The van der Waals surface area contributed by atoms with Gasteiger partial charge in [0.2, 0.25) is 0 Å². The molecule has 0 heterocycles. The molecule has 3 aromatic rings. The molecule has 1 N–H and O–H groups in total. The fourth-order valence-electron chi connectivity index (χ4n) is 2.73. The number of hydrogen-bond acceptors (Lipinski definition) is 4. The van der Waals surface area contributed by atoms with Crippen LogP contribution in [0, 0.1) is 3.57 Å². The first-order chi connectivity index (χ1) is 14.8. The summed E-state index contributed by atoms with van der Waals surface area (Å²) in [5.41, 5.74) is 4.31. The summed E-state index contributed by atoms with van der Waals surface area (Å²) in [6.07, 6.45) is 0. The number of sulfonamides is 1. The van der Waals surface area contributed by atoms with Crippen LogP contribution in [-0.2, 0) is 14.8 Å². The third-order valence-electron chi connectivity index (χ3n) is 4.32. The van der Waals surface area contributed by atoms with E-state index < -0.39 is 22.5 Å². The lowest BCUT2D eigenvalue weighted by atomic mass is 10.1. The summed E-state index contributed by atoms with van der Waals surface area (Å²) in [5.74, 6) is -0.552. The van der Waals surface area contributed by atoms with Crippen LogP contribution in [-0.4, -0.2) is 26.6 Å². The highest BCUT2D eigenvalue weighted by molar-refractivity contribution is 14.1. The Balaban J connectivity index is 1.86. The van der Waals surface area contributed by atoms with E-state index in [2.05, 4.69) is 49.0 Å². The molecule has 0 radical (unpaired) electrons. The molecule has 160 valence electrons. The van der Waals surface area contributed by atoms with E-state index in [4.69, 9.17) is 0 Å². The SMILES string of the molecule is C/C(=N/NC(=O)CN(c1cccc(Br)c1)S(=O)(=O)c1ccccc1)c1ccc(I)cc1. The molecule has 0 unspecified atom stereocenters. The van der Waals surface area contributed by atoms with Crippen molar-refractivity contribution in [1.82, 2.24) is 5.43 Å². The number of amides is 1. The molecular formula is C22H19BrIN3O3S. The Morgan fingerprint density at radius 2 is 1.71 bits per heavy atom. The van der Waals surface area contributed by atoms with E-state index in [0.717, 1.165) is 13.4 Å². The van der Waals surface area contributed by atoms with E-state index in [0.29, 0.717) is 15.9 Å². The van der Waals surface area contributed by atoms with E-state index >= 15 is 0 Å². The van der Waals surface area contributed by atoms with Crippen LogP contribution in [0.5, 0.6) is 0 Å². The molecular weight excluding hydrogens is 593 g/mol. The second-order valence-electron chi connectivity index (χ2n) is 6.54. The molecule has 0 saturated carbocycles. The highest BCUT2D eigenvalue weighted by Crippen LogP contribution is 2.26. The number of carbonyl (C=O) groups excluding carboxylic acids is 1. The number of hydrogen-bond donors (Lipinski definition) is 1. The van der Waals surface area contributed by atoms with Crippen LogP contribution in [0.15, 0.2) is 93.3 Å². The third kappa shape index (κ3) is 6.14. The van der Waals surface area contributed by atoms with E-state index in [1.807, 2.05) is 24.3 Å². The molecule has 9 heteroatoms. The van der Waals surface area contributed by atoms with Gasteiger partial charge in [0, 0.05) is 8.04 Å². The van der Waals surface area contributed by atoms with Gasteiger partial charge >= 0.3 is 0 Å². The van der Waals surface area contributed by atoms with Crippen molar-refractivity contribution >= 4 is 65.9 Å². The first-order valence-electron chi connectivity index (χ1n) is 9.20. The van der Waals surface area contributed by atoms with Gasteiger partial charge in [0.05, 0.1) is 16.3 Å². The average molecular weight is 612 g/mol. The zero-order chi connectivity index (χ0) is 22.4. The third-order valence-corrected chi connectivity index (χ3v) is 7.33. The van der Waals surface area contributed by atoms with Gasteiger partial charge in [-0.3, -0.25) is 9.10 Å². The topological polar surface area (TPSA) is 78.8 Å². The minimum Gasteiger partial charge on any atom is -0.271 e. The minimum atomic E-state index is -3.96. The highest BCUT2D eigenvalue weighted by atomic mass is 127. The smallest absolute Gasteiger partial charge is 0.264 e. The zero-order valence-corrected chi connectivity index (χ0v) is 21.1. The lowest BCUT2D eigenvalue weighted by molar-refractivity contribution is -0.119. The van der Waals surface area contributed by atoms with Crippen LogP contribution in [0.3, 0.4) is 0 Å². The van der Waals surface area contributed by atoms with Crippen molar-refractivity contribution in [2.75, 3.05) is 10.8 Å². The van der Waals surface area contributed by atoms with Crippen LogP contribution in [0.1, 0.15) is 12.5 Å². The number of nitrogens with zero attached hydrogens (tertiary/aromatic N) is 2. The monoisotopic (exact) mass is 611 g/mol. The standard InChI is InChI=1S/C22H19BrIN3O3S/c1-16(17-10-12-19(24)13-11-17)25-26-22(28)15-27(20-7-5-6-18(23)14-20)31(29,30)21-8-3-2-4-9-21/h2-14H,15H2,1H3,(H,26,28)/b25-16-. The van der Waals surface area contributed by atoms with Gasteiger partial charge in [-0.05, 0) is 77.5 Å². The van der Waals surface area contributed by atoms with Crippen molar-refractivity contribution in [1.29, 1.82) is 0 Å². The molecule has 0 aliphatic heterocycles. The molecule has 0 fully saturated rings.